The summed E-state index contributed by atoms with van der Waals surface area (Å²) in [6.07, 6.45) is 8.15. The van der Waals surface area contributed by atoms with E-state index in [-0.39, 0.29) is 45.9 Å². The molecule has 7 heteroatoms. The van der Waals surface area contributed by atoms with Gasteiger partial charge in [0.1, 0.15) is 18.3 Å². The molecule has 7 rings (SSSR count). The average molecular weight is 573 g/mol. The molecule has 4 N–H and O–H groups in total. The molecule has 2 aliphatic heterocycles. The first-order valence-corrected chi connectivity index (χ1v) is 16.5. The Morgan fingerprint density at radius 3 is 2.54 bits per heavy atom. The predicted octanol–water partition coefficient (Wildman–Crippen LogP) is 4.55. The van der Waals surface area contributed by atoms with Crippen LogP contribution >= 0.6 is 0 Å². The molecule has 5 aliphatic carbocycles. The van der Waals surface area contributed by atoms with Crippen molar-refractivity contribution in [2.45, 2.75) is 130 Å². The number of rotatable bonds is 4. The fourth-order valence-corrected chi connectivity index (χ4v) is 12.1. The predicted molar refractivity (Wildman–Crippen MR) is 155 cm³/mol. The van der Waals surface area contributed by atoms with E-state index in [4.69, 9.17) is 14.2 Å². The topological polar surface area (TPSA) is 100 Å². The van der Waals surface area contributed by atoms with Crippen molar-refractivity contribution in [2.75, 3.05) is 19.7 Å². The zero-order valence-corrected chi connectivity index (χ0v) is 26.4. The molecule has 0 amide bonds. The zero-order chi connectivity index (χ0) is 29.4. The third-order valence-electron chi connectivity index (χ3n) is 14.2. The van der Waals surface area contributed by atoms with E-state index in [2.05, 4.69) is 39.9 Å². The highest BCUT2D eigenvalue weighted by molar-refractivity contribution is 5.44. The molecule has 0 aromatic rings. The van der Waals surface area contributed by atoms with Crippen LogP contribution in [0, 0.1) is 63.0 Å². The summed E-state index contributed by atoms with van der Waals surface area (Å²) in [6.45, 7) is 17.5. The molecule has 2 heterocycles. The molecule has 231 valence electrons. The number of aliphatic hydroxyl groups is 3. The van der Waals surface area contributed by atoms with Gasteiger partial charge in [0.2, 0.25) is 0 Å². The second kappa shape index (κ2) is 9.14. The quantitative estimate of drug-likeness (QED) is 0.392. The molecule has 5 saturated carbocycles. The number of aliphatic hydroxyl groups excluding tert-OH is 2. The number of morpholine rings is 1. The minimum atomic E-state index is -1.29. The summed E-state index contributed by atoms with van der Waals surface area (Å²) in [5.74, 6) is 2.59. The van der Waals surface area contributed by atoms with Crippen molar-refractivity contribution in [1.82, 2.24) is 5.32 Å². The van der Waals surface area contributed by atoms with Gasteiger partial charge < -0.3 is 34.8 Å². The molecular weight excluding hydrogens is 518 g/mol. The standard InChI is InChI=1S/C34H54NO6/c1-19-16-20(27(36)30(4,5)38)40-26-25(19)31(6)12-13-34-18-33(34)11-10-23(41-24-17-35-14-15-39-24)29(2,3)21(33)8-9-22(34)32(31,7)28(26)37/h19,21,23-25,27-28,35-38H,8-18H2,1-7H3/t19-,21+,23+,24+,25+,27+,28+,31-,32-,33-,34+/m1/s1. The van der Waals surface area contributed by atoms with Gasteiger partial charge in [-0.15, -0.1) is 0 Å². The van der Waals surface area contributed by atoms with E-state index >= 15 is 0 Å². The summed E-state index contributed by atoms with van der Waals surface area (Å²) in [5.41, 5.74) is -1.17. The lowest BCUT2D eigenvalue weighted by molar-refractivity contribution is -0.229. The maximum atomic E-state index is 12.3. The molecule has 7 fully saturated rings. The normalized spacial score (nSPS) is 52.5. The molecule has 0 aromatic carbocycles. The molecule has 0 bridgehead atoms. The summed E-state index contributed by atoms with van der Waals surface area (Å²) >= 11 is 0. The zero-order valence-electron chi connectivity index (χ0n) is 26.4. The van der Waals surface area contributed by atoms with Crippen LogP contribution in [-0.4, -0.2) is 65.2 Å². The van der Waals surface area contributed by atoms with Crippen LogP contribution in [0.15, 0.2) is 0 Å². The van der Waals surface area contributed by atoms with Crippen molar-refractivity contribution in [3.63, 3.8) is 0 Å². The summed E-state index contributed by atoms with van der Waals surface area (Å²) < 4.78 is 19.1. The van der Waals surface area contributed by atoms with Gasteiger partial charge in [-0.2, -0.15) is 0 Å². The van der Waals surface area contributed by atoms with Crippen LogP contribution in [0.25, 0.3) is 0 Å². The van der Waals surface area contributed by atoms with Crippen molar-refractivity contribution in [3.05, 3.63) is 18.1 Å². The maximum absolute atomic E-state index is 12.3. The van der Waals surface area contributed by atoms with Gasteiger partial charge in [-0.3, -0.25) is 0 Å². The second-order valence-corrected chi connectivity index (χ2v) is 16.7. The third-order valence-corrected chi connectivity index (χ3v) is 14.2. The lowest BCUT2D eigenvalue weighted by atomic mass is 9.41. The molecule has 41 heavy (non-hydrogen) atoms. The first kappa shape index (κ1) is 29.4. The Balaban J connectivity index is 1.16. The number of nitrogens with one attached hydrogen (secondary N) is 1. The number of hydrogen-bond donors (Lipinski definition) is 4. The van der Waals surface area contributed by atoms with Crippen LogP contribution in [0.2, 0.25) is 0 Å². The highest BCUT2D eigenvalue weighted by Crippen LogP contribution is 2.90. The van der Waals surface area contributed by atoms with Crippen LogP contribution in [0.1, 0.15) is 99.8 Å². The highest BCUT2D eigenvalue weighted by Gasteiger charge is 2.85. The monoisotopic (exact) mass is 572 g/mol. The van der Waals surface area contributed by atoms with Crippen molar-refractivity contribution in [2.24, 2.45) is 44.8 Å². The Labute approximate surface area is 247 Å². The SMILES string of the molecule is C[C@@H]1C[C]([C@H](O)C(C)(C)O)O[C]2[C@H]1[C@@]1(C)CC[C@@]34C[C@@]35CC[C@H](O[C@H]3CNCCO3)C(C)(C)[C@@H]5CC[C]4[C@]1(C)[C@H]2O. The lowest BCUT2D eigenvalue weighted by Gasteiger charge is -2.63. The third kappa shape index (κ3) is 3.69. The molecular formula is C34H54NO6. The molecule has 11 atom stereocenters. The van der Waals surface area contributed by atoms with E-state index in [1.54, 1.807) is 19.8 Å². The molecule has 0 unspecified atom stereocenters. The number of ether oxygens (including phenoxy) is 3. The van der Waals surface area contributed by atoms with Crippen LogP contribution < -0.4 is 5.32 Å². The largest absolute Gasteiger partial charge is 0.389 e. The van der Waals surface area contributed by atoms with Crippen LogP contribution in [0.5, 0.6) is 0 Å². The Morgan fingerprint density at radius 2 is 1.85 bits per heavy atom. The molecule has 0 aromatic heterocycles. The smallest absolute Gasteiger partial charge is 0.170 e. The molecule has 2 saturated heterocycles. The molecule has 7 nitrogen and oxygen atoms in total. The summed E-state index contributed by atoms with van der Waals surface area (Å²) in [7, 11) is 0. The second-order valence-electron chi connectivity index (χ2n) is 16.7. The fraction of sp³-hybridized carbons (Fsp3) is 0.912. The Hall–Kier alpha value is -0.280. The van der Waals surface area contributed by atoms with Crippen LogP contribution in [0.4, 0.5) is 0 Å². The maximum Gasteiger partial charge on any atom is 0.170 e. The Kier molecular flexibility index (Phi) is 6.56. The highest BCUT2D eigenvalue weighted by atomic mass is 16.7. The number of fused-ring (bicyclic) bond motifs is 4. The van der Waals surface area contributed by atoms with Gasteiger partial charge in [-0.25, -0.2) is 0 Å². The van der Waals surface area contributed by atoms with Gasteiger partial charge in [0.25, 0.3) is 0 Å². The van der Waals surface area contributed by atoms with Crippen LogP contribution in [0.3, 0.4) is 0 Å². The van der Waals surface area contributed by atoms with E-state index in [9.17, 15) is 15.3 Å². The lowest BCUT2D eigenvalue weighted by Crippen LogP contribution is -2.59. The van der Waals surface area contributed by atoms with E-state index in [1.165, 1.54) is 19.3 Å². The van der Waals surface area contributed by atoms with Crippen molar-refractivity contribution in [1.29, 1.82) is 0 Å². The number of hydrogen-bond acceptors (Lipinski definition) is 7. The van der Waals surface area contributed by atoms with Gasteiger partial charge in [-0.1, -0.05) is 34.6 Å². The van der Waals surface area contributed by atoms with Crippen molar-refractivity contribution >= 4 is 0 Å². The van der Waals surface area contributed by atoms with E-state index in [0.29, 0.717) is 30.5 Å². The first-order valence-electron chi connectivity index (χ1n) is 16.5. The Morgan fingerprint density at radius 1 is 1.10 bits per heavy atom. The van der Waals surface area contributed by atoms with Gasteiger partial charge in [0, 0.05) is 24.4 Å². The molecule has 7 aliphatic rings. The summed E-state index contributed by atoms with van der Waals surface area (Å²) in [5, 5.41) is 37.2. The van der Waals surface area contributed by atoms with Crippen molar-refractivity contribution in [3.8, 4) is 0 Å². The summed E-state index contributed by atoms with van der Waals surface area (Å²) in [4.78, 5) is 0. The van der Waals surface area contributed by atoms with Crippen LogP contribution in [-0.2, 0) is 14.2 Å². The summed E-state index contributed by atoms with van der Waals surface area (Å²) in [6, 6.07) is 0. The molecule has 3 radical (unpaired) electrons. The first-order chi connectivity index (χ1) is 19.1. The Bertz CT molecular complexity index is 1040. The molecule has 2 spiro atoms. The van der Waals surface area contributed by atoms with Crippen molar-refractivity contribution < 1.29 is 29.5 Å². The van der Waals surface area contributed by atoms with E-state index in [0.717, 1.165) is 44.9 Å². The van der Waals surface area contributed by atoms with Gasteiger partial charge in [0.05, 0.1) is 24.4 Å². The van der Waals surface area contributed by atoms with Gasteiger partial charge >= 0.3 is 0 Å². The van der Waals surface area contributed by atoms with E-state index in [1.807, 2.05) is 0 Å². The average Bonchev–Trinajstić information content (AvgIpc) is 3.54. The minimum Gasteiger partial charge on any atom is -0.389 e. The van der Waals surface area contributed by atoms with Gasteiger partial charge in [-0.05, 0) is 105 Å². The van der Waals surface area contributed by atoms with E-state index < -0.39 is 17.8 Å². The fourth-order valence-electron chi connectivity index (χ4n) is 12.1. The minimum absolute atomic E-state index is 0.0709. The van der Waals surface area contributed by atoms with Gasteiger partial charge in [0.15, 0.2) is 6.29 Å².